The van der Waals surface area contributed by atoms with Gasteiger partial charge in [-0.1, -0.05) is 31.5 Å². The van der Waals surface area contributed by atoms with Crippen molar-refractivity contribution in [3.8, 4) is 0 Å². The highest BCUT2D eigenvalue weighted by atomic mass is 16.5. The van der Waals surface area contributed by atoms with E-state index < -0.39 is 0 Å². The number of carbonyl (C=O) groups is 2. The lowest BCUT2D eigenvalue weighted by Gasteiger charge is -2.00. The highest BCUT2D eigenvalue weighted by Gasteiger charge is 1.97. The first-order valence-electron chi connectivity index (χ1n) is 7.45. The van der Waals surface area contributed by atoms with Gasteiger partial charge in [0.1, 0.15) is 0 Å². The molecule has 0 amide bonds. The Hall–Kier alpha value is -2.36. The smallest absolute Gasteiger partial charge is 0.330 e. The van der Waals surface area contributed by atoms with Crippen molar-refractivity contribution in [2.45, 2.75) is 26.7 Å². The van der Waals surface area contributed by atoms with E-state index in [1.807, 2.05) is 31.2 Å². The molecule has 4 nitrogen and oxygen atoms in total. The van der Waals surface area contributed by atoms with Crippen LogP contribution < -0.4 is 0 Å². The van der Waals surface area contributed by atoms with Crippen LogP contribution >= 0.6 is 0 Å². The molecule has 0 heterocycles. The lowest BCUT2D eigenvalue weighted by Crippen LogP contribution is -2.01. The minimum absolute atomic E-state index is 0.346. The van der Waals surface area contributed by atoms with E-state index in [0.29, 0.717) is 13.2 Å². The second-order valence-corrected chi connectivity index (χ2v) is 4.61. The highest BCUT2D eigenvalue weighted by molar-refractivity contribution is 5.88. The van der Waals surface area contributed by atoms with Gasteiger partial charge in [0.25, 0.3) is 0 Å². The van der Waals surface area contributed by atoms with Gasteiger partial charge in [-0.05, 0) is 42.7 Å². The molecule has 22 heavy (non-hydrogen) atoms. The largest absolute Gasteiger partial charge is 0.463 e. The normalized spacial score (nSPS) is 11.0. The summed E-state index contributed by atoms with van der Waals surface area (Å²) in [6.07, 6.45) is 8.01. The Bertz CT molecular complexity index is 544. The maximum atomic E-state index is 11.5. The summed E-state index contributed by atoms with van der Waals surface area (Å²) in [4.78, 5) is 22.7. The molecule has 1 aromatic rings. The lowest BCUT2D eigenvalue weighted by molar-refractivity contribution is -0.138. The summed E-state index contributed by atoms with van der Waals surface area (Å²) >= 11 is 0. The molecule has 1 rings (SSSR count). The number of rotatable bonds is 8. The molecule has 0 aliphatic carbocycles. The van der Waals surface area contributed by atoms with Crippen LogP contribution in [0.25, 0.3) is 12.2 Å². The molecule has 0 unspecified atom stereocenters. The van der Waals surface area contributed by atoms with E-state index in [0.717, 1.165) is 24.0 Å². The van der Waals surface area contributed by atoms with Crippen molar-refractivity contribution in [1.29, 1.82) is 0 Å². The van der Waals surface area contributed by atoms with Crippen molar-refractivity contribution in [1.82, 2.24) is 0 Å². The Kier molecular flexibility index (Phi) is 8.35. The van der Waals surface area contributed by atoms with Gasteiger partial charge in [0.05, 0.1) is 13.2 Å². The number of hydrogen-bond donors (Lipinski definition) is 0. The molecule has 1 aromatic carbocycles. The number of hydrogen-bond acceptors (Lipinski definition) is 4. The topological polar surface area (TPSA) is 52.6 Å². The second-order valence-electron chi connectivity index (χ2n) is 4.61. The Morgan fingerprint density at radius 2 is 1.59 bits per heavy atom. The fourth-order valence-corrected chi connectivity index (χ4v) is 1.65. The predicted molar refractivity (Wildman–Crippen MR) is 87.0 cm³/mol. The molecular weight excluding hydrogens is 280 g/mol. The zero-order valence-corrected chi connectivity index (χ0v) is 13.1. The number of benzene rings is 1. The van der Waals surface area contributed by atoms with Gasteiger partial charge in [0.15, 0.2) is 0 Å². The zero-order chi connectivity index (χ0) is 16.2. The summed E-state index contributed by atoms with van der Waals surface area (Å²) in [5.41, 5.74) is 1.72. The molecule has 118 valence electrons. The monoisotopic (exact) mass is 302 g/mol. The highest BCUT2D eigenvalue weighted by Crippen LogP contribution is 2.09. The number of unbranched alkanes of at least 4 members (excludes halogenated alkanes) is 1. The number of carbonyl (C=O) groups excluding carboxylic acids is 2. The maximum absolute atomic E-state index is 11.5. The minimum Gasteiger partial charge on any atom is -0.463 e. The van der Waals surface area contributed by atoms with E-state index in [4.69, 9.17) is 9.47 Å². The predicted octanol–water partition coefficient (Wildman–Crippen LogP) is 3.62. The molecule has 0 aromatic heterocycles. The fourth-order valence-electron chi connectivity index (χ4n) is 1.65. The summed E-state index contributed by atoms with van der Waals surface area (Å²) in [5, 5.41) is 0. The molecule has 0 fully saturated rings. The molecule has 0 N–H and O–H groups in total. The van der Waals surface area contributed by atoms with Crippen molar-refractivity contribution < 1.29 is 19.1 Å². The van der Waals surface area contributed by atoms with E-state index >= 15 is 0 Å². The van der Waals surface area contributed by atoms with E-state index in [-0.39, 0.29) is 11.9 Å². The Morgan fingerprint density at radius 1 is 1.00 bits per heavy atom. The molecule has 0 bridgehead atoms. The standard InChI is InChI=1S/C18H22O4/c1-3-5-13-22-18(20)12-10-16-8-6-7-15(14-16)9-11-17(19)21-4-2/h6-12,14H,3-5,13H2,1-2H3/b11-9+,12-10+. The van der Waals surface area contributed by atoms with Crippen LogP contribution in [-0.4, -0.2) is 25.2 Å². The Labute approximate surface area is 131 Å². The van der Waals surface area contributed by atoms with Crippen LogP contribution in [0.4, 0.5) is 0 Å². The van der Waals surface area contributed by atoms with Crippen molar-refractivity contribution >= 4 is 24.1 Å². The summed E-state index contributed by atoms with van der Waals surface area (Å²) in [6, 6.07) is 7.46. The minimum atomic E-state index is -0.372. The summed E-state index contributed by atoms with van der Waals surface area (Å²) in [7, 11) is 0. The Morgan fingerprint density at radius 3 is 2.14 bits per heavy atom. The summed E-state index contributed by atoms with van der Waals surface area (Å²) in [5.74, 6) is -0.719. The van der Waals surface area contributed by atoms with Gasteiger partial charge in [-0.3, -0.25) is 0 Å². The van der Waals surface area contributed by atoms with E-state index in [2.05, 4.69) is 0 Å². The van der Waals surface area contributed by atoms with E-state index in [1.165, 1.54) is 12.2 Å². The maximum Gasteiger partial charge on any atom is 0.330 e. The molecule has 4 heteroatoms. The molecule has 0 atom stereocenters. The molecule has 0 spiro atoms. The van der Waals surface area contributed by atoms with Crippen LogP contribution in [0.3, 0.4) is 0 Å². The van der Waals surface area contributed by atoms with Crippen LogP contribution in [0.15, 0.2) is 36.4 Å². The molecule has 0 aliphatic rings. The van der Waals surface area contributed by atoms with Gasteiger partial charge in [-0.2, -0.15) is 0 Å². The lowest BCUT2D eigenvalue weighted by atomic mass is 10.1. The molecule has 0 saturated heterocycles. The third-order valence-corrected chi connectivity index (χ3v) is 2.76. The molecule has 0 aliphatic heterocycles. The average molecular weight is 302 g/mol. The van der Waals surface area contributed by atoms with Gasteiger partial charge < -0.3 is 9.47 Å². The van der Waals surface area contributed by atoms with Gasteiger partial charge in [-0.25, -0.2) is 9.59 Å². The zero-order valence-electron chi connectivity index (χ0n) is 13.1. The van der Waals surface area contributed by atoms with Crippen LogP contribution in [-0.2, 0) is 19.1 Å². The van der Waals surface area contributed by atoms with Crippen molar-refractivity contribution in [3.05, 3.63) is 47.5 Å². The summed E-state index contributed by atoms with van der Waals surface area (Å²) in [6.45, 7) is 4.60. The first-order chi connectivity index (χ1) is 10.7. The number of esters is 2. The quantitative estimate of drug-likeness (QED) is 0.418. The van der Waals surface area contributed by atoms with Gasteiger partial charge >= 0.3 is 11.9 Å². The second kappa shape index (κ2) is 10.4. The van der Waals surface area contributed by atoms with Crippen molar-refractivity contribution in [2.24, 2.45) is 0 Å². The van der Waals surface area contributed by atoms with Crippen LogP contribution in [0.1, 0.15) is 37.8 Å². The third kappa shape index (κ3) is 7.43. The number of ether oxygens (including phenoxy) is 2. The van der Waals surface area contributed by atoms with Gasteiger partial charge in [0.2, 0.25) is 0 Å². The first-order valence-corrected chi connectivity index (χ1v) is 7.45. The van der Waals surface area contributed by atoms with Crippen LogP contribution in [0.5, 0.6) is 0 Å². The van der Waals surface area contributed by atoms with Gasteiger partial charge in [0, 0.05) is 12.2 Å². The van der Waals surface area contributed by atoms with Crippen LogP contribution in [0, 0.1) is 0 Å². The van der Waals surface area contributed by atoms with Gasteiger partial charge in [-0.15, -0.1) is 0 Å². The average Bonchev–Trinajstić information content (AvgIpc) is 2.52. The van der Waals surface area contributed by atoms with Crippen molar-refractivity contribution in [2.75, 3.05) is 13.2 Å². The third-order valence-electron chi connectivity index (χ3n) is 2.76. The SMILES string of the molecule is CCCCOC(=O)/C=C/c1cccc(/C=C/C(=O)OCC)c1. The molecule has 0 saturated carbocycles. The van der Waals surface area contributed by atoms with E-state index in [9.17, 15) is 9.59 Å². The van der Waals surface area contributed by atoms with Crippen LogP contribution in [0.2, 0.25) is 0 Å². The Balaban J connectivity index is 2.60. The summed E-state index contributed by atoms with van der Waals surface area (Å²) < 4.78 is 9.86. The molecular formula is C18H22O4. The molecule has 0 radical (unpaired) electrons. The first kappa shape index (κ1) is 17.7. The fraction of sp³-hybridized carbons (Fsp3) is 0.333. The van der Waals surface area contributed by atoms with E-state index in [1.54, 1.807) is 19.1 Å². The van der Waals surface area contributed by atoms with Crippen molar-refractivity contribution in [3.63, 3.8) is 0 Å².